The lowest BCUT2D eigenvalue weighted by Crippen LogP contribution is -2.99. The first-order chi connectivity index (χ1) is 13.9. The molecule has 2 fully saturated rings. The number of carbonyl (C=O) groups excluding carboxylic acids is 3. The van der Waals surface area contributed by atoms with Gasteiger partial charge in [-0.3, -0.25) is 14.5 Å². The standard InChI is InChI=1S/C22H22N2O5/c1-2-22(21(28)29)17-16(18(23-22)14-10-6-7-11-15(14)25)19(26)24(20(17)27)12-13-8-4-3-5-9-13/h3-11,16-18,23,25H,2,12H2,1H3,(H,28,29)/t16-,17-,18-,22-/m0/s1. The number of quaternary nitrogens is 1. The molecular weight excluding hydrogens is 372 g/mol. The third-order valence-electron chi connectivity index (χ3n) is 6.31. The van der Waals surface area contributed by atoms with Gasteiger partial charge in [0.25, 0.3) is 0 Å². The second-order valence-electron chi connectivity index (χ2n) is 7.68. The van der Waals surface area contributed by atoms with E-state index in [1.807, 2.05) is 30.3 Å². The number of carboxylic acid groups (broad SMARTS) is 1. The molecule has 2 aromatic carbocycles. The number of nitrogens with two attached hydrogens (primary N) is 1. The number of phenols is 1. The fourth-order valence-corrected chi connectivity index (χ4v) is 4.83. The van der Waals surface area contributed by atoms with Gasteiger partial charge < -0.3 is 20.3 Å². The summed E-state index contributed by atoms with van der Waals surface area (Å²) in [7, 11) is 0. The predicted octanol–water partition coefficient (Wildman–Crippen LogP) is -0.290. The Morgan fingerprint density at radius 1 is 1.10 bits per heavy atom. The Bertz CT molecular complexity index is 976. The highest BCUT2D eigenvalue weighted by molar-refractivity contribution is 6.08. The van der Waals surface area contributed by atoms with E-state index in [0.29, 0.717) is 5.56 Å². The minimum Gasteiger partial charge on any atom is -0.544 e. The number of aliphatic carboxylic acids is 1. The van der Waals surface area contributed by atoms with Crippen molar-refractivity contribution in [3.63, 3.8) is 0 Å². The van der Waals surface area contributed by atoms with E-state index in [-0.39, 0.29) is 18.7 Å². The molecule has 4 rings (SSSR count). The molecule has 0 radical (unpaired) electrons. The zero-order valence-electron chi connectivity index (χ0n) is 15.9. The zero-order valence-corrected chi connectivity index (χ0v) is 15.9. The monoisotopic (exact) mass is 394 g/mol. The van der Waals surface area contributed by atoms with Crippen LogP contribution in [-0.2, 0) is 20.9 Å². The number of imide groups is 1. The van der Waals surface area contributed by atoms with Crippen LogP contribution in [0.5, 0.6) is 5.75 Å². The summed E-state index contributed by atoms with van der Waals surface area (Å²) in [6, 6.07) is 14.9. The zero-order chi connectivity index (χ0) is 20.8. The molecule has 7 nitrogen and oxygen atoms in total. The maximum atomic E-state index is 13.3. The van der Waals surface area contributed by atoms with Crippen LogP contribution in [-0.4, -0.2) is 33.3 Å². The Kier molecular flexibility index (Phi) is 4.62. The Hall–Kier alpha value is -3.19. The highest BCUT2D eigenvalue weighted by Crippen LogP contribution is 2.46. The number of likely N-dealkylation sites (tertiary alicyclic amines) is 1. The number of amides is 2. The molecule has 150 valence electrons. The molecule has 0 bridgehead atoms. The summed E-state index contributed by atoms with van der Waals surface area (Å²) in [6.07, 6.45) is 0.124. The van der Waals surface area contributed by atoms with Gasteiger partial charge in [0, 0.05) is 6.42 Å². The molecule has 3 N–H and O–H groups in total. The molecule has 0 aliphatic carbocycles. The molecule has 0 saturated carbocycles. The second-order valence-corrected chi connectivity index (χ2v) is 7.68. The smallest absolute Gasteiger partial charge is 0.240 e. The number of carbonyl (C=O) groups is 3. The van der Waals surface area contributed by atoms with Crippen LogP contribution < -0.4 is 10.4 Å². The summed E-state index contributed by atoms with van der Waals surface area (Å²) in [5.41, 5.74) is -0.329. The molecule has 4 atom stereocenters. The quantitative estimate of drug-likeness (QED) is 0.677. The Morgan fingerprint density at radius 2 is 1.76 bits per heavy atom. The van der Waals surface area contributed by atoms with Crippen molar-refractivity contribution in [2.45, 2.75) is 31.5 Å². The number of hydrogen-bond acceptors (Lipinski definition) is 5. The van der Waals surface area contributed by atoms with Crippen molar-refractivity contribution in [2.24, 2.45) is 11.8 Å². The van der Waals surface area contributed by atoms with Crippen LogP contribution in [0, 0.1) is 11.8 Å². The topological polar surface area (TPSA) is 114 Å². The van der Waals surface area contributed by atoms with Crippen LogP contribution in [0.4, 0.5) is 0 Å². The van der Waals surface area contributed by atoms with Gasteiger partial charge >= 0.3 is 0 Å². The van der Waals surface area contributed by atoms with Gasteiger partial charge in [0.05, 0.1) is 12.1 Å². The van der Waals surface area contributed by atoms with Gasteiger partial charge in [-0.15, -0.1) is 0 Å². The van der Waals surface area contributed by atoms with Gasteiger partial charge in [0.2, 0.25) is 11.8 Å². The van der Waals surface area contributed by atoms with Crippen molar-refractivity contribution < 1.29 is 29.9 Å². The Morgan fingerprint density at radius 3 is 2.38 bits per heavy atom. The van der Waals surface area contributed by atoms with Crippen molar-refractivity contribution >= 4 is 17.8 Å². The summed E-state index contributed by atoms with van der Waals surface area (Å²) in [5, 5.41) is 24.1. The van der Waals surface area contributed by atoms with Crippen molar-refractivity contribution in [2.75, 3.05) is 0 Å². The number of aromatic hydroxyl groups is 1. The predicted molar refractivity (Wildman–Crippen MR) is 99.8 cm³/mol. The largest absolute Gasteiger partial charge is 0.544 e. The van der Waals surface area contributed by atoms with Crippen molar-refractivity contribution in [3.8, 4) is 5.75 Å². The second kappa shape index (κ2) is 7.00. The van der Waals surface area contributed by atoms with Gasteiger partial charge in [0.1, 0.15) is 35.1 Å². The third-order valence-corrected chi connectivity index (χ3v) is 6.31. The minimum absolute atomic E-state index is 0.0282. The molecule has 2 aromatic rings. The van der Waals surface area contributed by atoms with Crippen LogP contribution >= 0.6 is 0 Å². The average molecular weight is 394 g/mol. The van der Waals surface area contributed by atoms with Crippen molar-refractivity contribution in [3.05, 3.63) is 65.7 Å². The molecule has 7 heteroatoms. The molecule has 0 spiro atoms. The van der Waals surface area contributed by atoms with E-state index in [0.717, 1.165) is 10.5 Å². The highest BCUT2D eigenvalue weighted by Gasteiger charge is 2.69. The Labute approximate surface area is 168 Å². The van der Waals surface area contributed by atoms with Gasteiger partial charge in [0.15, 0.2) is 0 Å². The van der Waals surface area contributed by atoms with Crippen molar-refractivity contribution in [1.82, 2.24) is 4.90 Å². The number of phenolic OH excluding ortho intramolecular Hbond substituents is 1. The van der Waals surface area contributed by atoms with Crippen LogP contribution in [0.15, 0.2) is 54.6 Å². The molecule has 2 aliphatic rings. The van der Waals surface area contributed by atoms with E-state index in [4.69, 9.17) is 0 Å². The normalized spacial score (nSPS) is 28.6. The molecule has 2 amide bonds. The number of rotatable bonds is 5. The van der Waals surface area contributed by atoms with E-state index in [2.05, 4.69) is 0 Å². The van der Waals surface area contributed by atoms with E-state index in [1.54, 1.807) is 25.1 Å². The van der Waals surface area contributed by atoms with Crippen LogP contribution in [0.1, 0.15) is 30.5 Å². The lowest BCUT2D eigenvalue weighted by Gasteiger charge is -2.31. The molecule has 2 heterocycles. The first-order valence-electron chi connectivity index (χ1n) is 9.65. The Balaban J connectivity index is 1.79. The number of nitrogens with zero attached hydrogens (tertiary/aromatic N) is 1. The molecular formula is C22H22N2O5. The average Bonchev–Trinajstić information content (AvgIpc) is 3.19. The van der Waals surface area contributed by atoms with E-state index >= 15 is 0 Å². The van der Waals surface area contributed by atoms with E-state index in [9.17, 15) is 24.6 Å². The number of para-hydroxylation sites is 1. The minimum atomic E-state index is -1.56. The van der Waals surface area contributed by atoms with E-state index < -0.39 is 41.2 Å². The van der Waals surface area contributed by atoms with E-state index in [1.165, 1.54) is 11.4 Å². The molecule has 2 aliphatic heterocycles. The SMILES string of the molecule is CC[C@]1(C(=O)[O-])[NH2+][C@@H](c2ccccc2O)[C@H]2C(=O)N(Cc3ccccc3)C(=O)[C@H]21. The molecule has 0 unspecified atom stereocenters. The summed E-state index contributed by atoms with van der Waals surface area (Å²) < 4.78 is 0. The lowest BCUT2D eigenvalue weighted by atomic mass is 9.78. The summed E-state index contributed by atoms with van der Waals surface area (Å²) in [5.74, 6) is -4.22. The number of benzene rings is 2. The molecule has 0 aromatic heterocycles. The first-order valence-corrected chi connectivity index (χ1v) is 9.65. The maximum absolute atomic E-state index is 13.3. The van der Waals surface area contributed by atoms with Gasteiger partial charge in [-0.05, 0) is 17.7 Å². The van der Waals surface area contributed by atoms with Crippen LogP contribution in [0.25, 0.3) is 0 Å². The van der Waals surface area contributed by atoms with Crippen molar-refractivity contribution in [1.29, 1.82) is 0 Å². The fraction of sp³-hybridized carbons (Fsp3) is 0.318. The highest BCUT2D eigenvalue weighted by atomic mass is 16.4. The summed E-state index contributed by atoms with van der Waals surface area (Å²) in [6.45, 7) is 1.76. The third kappa shape index (κ3) is 2.81. The van der Waals surface area contributed by atoms with Crippen LogP contribution in [0.2, 0.25) is 0 Å². The van der Waals surface area contributed by atoms with Crippen LogP contribution in [0.3, 0.4) is 0 Å². The number of hydrogen-bond donors (Lipinski definition) is 2. The van der Waals surface area contributed by atoms with Gasteiger partial charge in [-0.25, -0.2) is 0 Å². The molecule has 2 saturated heterocycles. The lowest BCUT2D eigenvalue weighted by molar-refractivity contribution is -0.739. The number of carboxylic acids is 1. The van der Waals surface area contributed by atoms with Gasteiger partial charge in [-0.2, -0.15) is 0 Å². The number of fused-ring (bicyclic) bond motifs is 1. The fourth-order valence-electron chi connectivity index (χ4n) is 4.83. The maximum Gasteiger partial charge on any atom is 0.240 e. The first kappa shape index (κ1) is 19.1. The summed E-state index contributed by atoms with van der Waals surface area (Å²) in [4.78, 5) is 39.9. The summed E-state index contributed by atoms with van der Waals surface area (Å²) >= 11 is 0. The molecule has 29 heavy (non-hydrogen) atoms. The van der Waals surface area contributed by atoms with Gasteiger partial charge in [-0.1, -0.05) is 49.4 Å².